The van der Waals surface area contributed by atoms with Gasteiger partial charge in [-0.15, -0.1) is 0 Å². The Kier molecular flexibility index (Phi) is 6.40. The summed E-state index contributed by atoms with van der Waals surface area (Å²) in [6, 6.07) is 21.8. The molecule has 4 rings (SSSR count). The smallest absolute Gasteiger partial charge is 0.255 e. The van der Waals surface area contributed by atoms with E-state index in [0.29, 0.717) is 25.1 Å². The van der Waals surface area contributed by atoms with E-state index in [-0.39, 0.29) is 11.8 Å². The molecule has 0 spiro atoms. The molecule has 32 heavy (non-hydrogen) atoms. The number of ether oxygens (including phenoxy) is 2. The van der Waals surface area contributed by atoms with E-state index < -0.39 is 6.04 Å². The lowest BCUT2D eigenvalue weighted by atomic mass is 10.0. The van der Waals surface area contributed by atoms with E-state index in [1.165, 1.54) is 0 Å². The molecule has 0 aliphatic carbocycles. The van der Waals surface area contributed by atoms with E-state index in [9.17, 15) is 9.59 Å². The van der Waals surface area contributed by atoms with Crippen LogP contribution in [0.5, 0.6) is 11.5 Å². The van der Waals surface area contributed by atoms with Crippen molar-refractivity contribution in [2.75, 3.05) is 20.8 Å². The Hall–Kier alpha value is -3.80. The lowest BCUT2D eigenvalue weighted by molar-refractivity contribution is -0.125. The van der Waals surface area contributed by atoms with Gasteiger partial charge in [-0.1, -0.05) is 48.5 Å². The van der Waals surface area contributed by atoms with Crippen LogP contribution in [0.25, 0.3) is 0 Å². The number of fused-ring (bicyclic) bond motifs is 1. The molecule has 2 amide bonds. The molecule has 0 unspecified atom stereocenters. The number of nitrogens with zero attached hydrogens (tertiary/aromatic N) is 1. The Balaban J connectivity index is 1.52. The Morgan fingerprint density at radius 1 is 1.00 bits per heavy atom. The van der Waals surface area contributed by atoms with Crippen molar-refractivity contribution >= 4 is 11.8 Å². The summed E-state index contributed by atoms with van der Waals surface area (Å²) in [6.45, 7) is 0.812. The van der Waals surface area contributed by atoms with Crippen LogP contribution >= 0.6 is 0 Å². The summed E-state index contributed by atoms with van der Waals surface area (Å²) < 4.78 is 10.7. The zero-order valence-corrected chi connectivity index (χ0v) is 18.2. The molecular weight excluding hydrogens is 404 g/mol. The molecule has 3 aromatic rings. The van der Waals surface area contributed by atoms with Crippen LogP contribution in [0.4, 0.5) is 0 Å². The van der Waals surface area contributed by atoms with E-state index in [2.05, 4.69) is 5.32 Å². The molecule has 0 saturated carbocycles. The molecule has 164 valence electrons. The van der Waals surface area contributed by atoms with E-state index >= 15 is 0 Å². The Morgan fingerprint density at radius 2 is 1.75 bits per heavy atom. The number of amides is 2. The van der Waals surface area contributed by atoms with Gasteiger partial charge in [0.25, 0.3) is 5.91 Å². The molecule has 0 aromatic heterocycles. The fraction of sp³-hybridized carbons (Fsp3) is 0.231. The molecular formula is C26H26N2O4. The Morgan fingerprint density at radius 3 is 2.47 bits per heavy atom. The first-order valence-corrected chi connectivity index (χ1v) is 10.5. The van der Waals surface area contributed by atoms with Gasteiger partial charge >= 0.3 is 0 Å². The van der Waals surface area contributed by atoms with E-state index in [1.807, 2.05) is 72.8 Å². The van der Waals surface area contributed by atoms with Crippen LogP contribution in [0.3, 0.4) is 0 Å². The molecule has 0 radical (unpaired) electrons. The van der Waals surface area contributed by atoms with Crippen molar-refractivity contribution in [3.63, 3.8) is 0 Å². The Labute approximate surface area is 187 Å². The van der Waals surface area contributed by atoms with Crippen molar-refractivity contribution in [2.24, 2.45) is 0 Å². The van der Waals surface area contributed by atoms with Gasteiger partial charge in [0.2, 0.25) is 5.91 Å². The standard InChI is InChI=1S/C26H26N2O4/c1-31-21-12-13-23(32-2)19(16-21)14-15-27-25(29)24(18-8-4-3-5-9-18)28-17-20-10-6-7-11-22(20)26(28)30/h3-13,16,24H,14-15,17H2,1-2H3,(H,27,29)/t24-/m1/s1. The Bertz CT molecular complexity index is 1110. The van der Waals surface area contributed by atoms with Gasteiger partial charge in [0, 0.05) is 18.7 Å². The first kappa shape index (κ1) is 21.4. The van der Waals surface area contributed by atoms with Gasteiger partial charge in [0.1, 0.15) is 17.5 Å². The maximum absolute atomic E-state index is 13.3. The second-order valence-corrected chi connectivity index (χ2v) is 7.62. The summed E-state index contributed by atoms with van der Waals surface area (Å²) in [7, 11) is 3.23. The van der Waals surface area contributed by atoms with E-state index in [1.54, 1.807) is 19.1 Å². The molecule has 1 N–H and O–H groups in total. The quantitative estimate of drug-likeness (QED) is 0.591. The van der Waals surface area contributed by atoms with Crippen molar-refractivity contribution in [3.8, 4) is 11.5 Å². The molecule has 6 heteroatoms. The van der Waals surface area contributed by atoms with Crippen molar-refractivity contribution in [3.05, 3.63) is 95.1 Å². The highest BCUT2D eigenvalue weighted by Crippen LogP contribution is 2.31. The number of hydrogen-bond donors (Lipinski definition) is 1. The molecule has 1 aliphatic heterocycles. The minimum Gasteiger partial charge on any atom is -0.497 e. The number of benzene rings is 3. The topological polar surface area (TPSA) is 67.9 Å². The molecule has 1 atom stereocenters. The first-order valence-electron chi connectivity index (χ1n) is 10.5. The minimum absolute atomic E-state index is 0.126. The van der Waals surface area contributed by atoms with Gasteiger partial charge in [-0.3, -0.25) is 9.59 Å². The summed E-state index contributed by atoms with van der Waals surface area (Å²) in [6.07, 6.45) is 0.571. The maximum Gasteiger partial charge on any atom is 0.255 e. The highest BCUT2D eigenvalue weighted by molar-refractivity contribution is 6.01. The summed E-state index contributed by atoms with van der Waals surface area (Å²) in [5.74, 6) is 1.14. The van der Waals surface area contributed by atoms with Gasteiger partial charge in [-0.25, -0.2) is 0 Å². The predicted octanol–water partition coefficient (Wildman–Crippen LogP) is 3.76. The fourth-order valence-corrected chi connectivity index (χ4v) is 4.09. The van der Waals surface area contributed by atoms with Crippen LogP contribution in [0.2, 0.25) is 0 Å². The van der Waals surface area contributed by atoms with E-state index in [4.69, 9.17) is 9.47 Å². The molecule has 0 saturated heterocycles. The van der Waals surface area contributed by atoms with E-state index in [0.717, 1.165) is 28.2 Å². The number of carbonyl (C=O) groups is 2. The number of nitrogens with one attached hydrogen (secondary N) is 1. The van der Waals surface area contributed by atoms with Crippen LogP contribution in [0, 0.1) is 0 Å². The SMILES string of the molecule is COc1ccc(OC)c(CCNC(=O)[C@@H](c2ccccc2)N2Cc3ccccc3C2=O)c1. The molecule has 3 aromatic carbocycles. The zero-order valence-electron chi connectivity index (χ0n) is 18.2. The van der Waals surface area contributed by atoms with Gasteiger partial charge in [0.15, 0.2) is 0 Å². The molecule has 1 heterocycles. The summed E-state index contributed by atoms with van der Waals surface area (Å²) in [5.41, 5.74) is 3.31. The second kappa shape index (κ2) is 9.56. The average Bonchev–Trinajstić information content (AvgIpc) is 3.16. The zero-order chi connectivity index (χ0) is 22.5. The lowest BCUT2D eigenvalue weighted by Gasteiger charge is -2.27. The summed E-state index contributed by atoms with van der Waals surface area (Å²) >= 11 is 0. The van der Waals surface area contributed by atoms with Crippen LogP contribution < -0.4 is 14.8 Å². The van der Waals surface area contributed by atoms with Gasteiger partial charge in [-0.05, 0) is 47.4 Å². The minimum atomic E-state index is -0.705. The first-order chi connectivity index (χ1) is 15.6. The second-order valence-electron chi connectivity index (χ2n) is 7.62. The number of rotatable bonds is 8. The van der Waals surface area contributed by atoms with Crippen LogP contribution in [0.15, 0.2) is 72.8 Å². The third kappa shape index (κ3) is 4.30. The normalized spacial score (nSPS) is 13.4. The van der Waals surface area contributed by atoms with Crippen LogP contribution in [-0.2, 0) is 17.8 Å². The maximum atomic E-state index is 13.3. The largest absolute Gasteiger partial charge is 0.497 e. The van der Waals surface area contributed by atoms with Crippen LogP contribution in [-0.4, -0.2) is 37.5 Å². The monoisotopic (exact) mass is 430 g/mol. The third-order valence-electron chi connectivity index (χ3n) is 5.71. The highest BCUT2D eigenvalue weighted by Gasteiger charge is 2.37. The van der Waals surface area contributed by atoms with Crippen molar-refractivity contribution < 1.29 is 19.1 Å². The molecule has 0 bridgehead atoms. The van der Waals surface area contributed by atoms with Crippen LogP contribution in [0.1, 0.15) is 33.1 Å². The molecule has 6 nitrogen and oxygen atoms in total. The number of hydrogen-bond acceptors (Lipinski definition) is 4. The van der Waals surface area contributed by atoms with Gasteiger partial charge in [0.05, 0.1) is 14.2 Å². The predicted molar refractivity (Wildman–Crippen MR) is 122 cm³/mol. The third-order valence-corrected chi connectivity index (χ3v) is 5.71. The summed E-state index contributed by atoms with van der Waals surface area (Å²) in [4.78, 5) is 28.1. The lowest BCUT2D eigenvalue weighted by Crippen LogP contribution is -2.41. The van der Waals surface area contributed by atoms with Gasteiger partial charge < -0.3 is 19.7 Å². The fourth-order valence-electron chi connectivity index (χ4n) is 4.09. The van der Waals surface area contributed by atoms with Gasteiger partial charge in [-0.2, -0.15) is 0 Å². The molecule has 1 aliphatic rings. The highest BCUT2D eigenvalue weighted by atomic mass is 16.5. The van der Waals surface area contributed by atoms with Crippen molar-refractivity contribution in [2.45, 2.75) is 19.0 Å². The number of carbonyl (C=O) groups excluding carboxylic acids is 2. The van der Waals surface area contributed by atoms with Crippen molar-refractivity contribution in [1.82, 2.24) is 10.2 Å². The van der Waals surface area contributed by atoms with Crippen molar-refractivity contribution in [1.29, 1.82) is 0 Å². The average molecular weight is 431 g/mol. The summed E-state index contributed by atoms with van der Waals surface area (Å²) in [5, 5.41) is 3.01. The molecule has 0 fully saturated rings. The number of methoxy groups -OCH3 is 2.